The fraction of sp³-hybridized carbons (Fsp3) is 0. The largest absolute Gasteiger partial charge is 0.454 e. The Morgan fingerprint density at radius 1 is 0.293 bits per heavy atom. The second-order valence-corrected chi connectivity index (χ2v) is 14.9. The Bertz CT molecular complexity index is 3260. The molecule has 272 valence electrons. The molecule has 1 aromatic heterocycles. The molecule has 0 atom stereocenters. The van der Waals surface area contributed by atoms with Crippen molar-refractivity contribution in [2.75, 3.05) is 4.90 Å². The molecule has 1 heterocycles. The van der Waals surface area contributed by atoms with Crippen LogP contribution in [0.15, 0.2) is 229 Å². The van der Waals surface area contributed by atoms with Gasteiger partial charge in [0.15, 0.2) is 5.58 Å². The summed E-state index contributed by atoms with van der Waals surface area (Å²) in [7, 11) is 0. The molecular formula is C56H37NO. The lowest BCUT2D eigenvalue weighted by Crippen LogP contribution is -2.10. The van der Waals surface area contributed by atoms with Gasteiger partial charge in [-0.25, -0.2) is 0 Å². The highest BCUT2D eigenvalue weighted by atomic mass is 16.3. The minimum atomic E-state index is 0.851. The number of anilines is 3. The van der Waals surface area contributed by atoms with E-state index in [9.17, 15) is 0 Å². The molecule has 0 N–H and O–H groups in total. The highest BCUT2D eigenvalue weighted by Gasteiger charge is 2.20. The zero-order chi connectivity index (χ0) is 38.4. The summed E-state index contributed by atoms with van der Waals surface area (Å²) in [5.74, 6) is 0. The lowest BCUT2D eigenvalue weighted by Gasteiger charge is -2.26. The summed E-state index contributed by atoms with van der Waals surface area (Å²) in [5.41, 5.74) is 14.3. The Hall–Kier alpha value is -7.68. The average Bonchev–Trinajstić information content (AvgIpc) is 3.68. The predicted octanol–water partition coefficient (Wildman–Crippen LogP) is 16.0. The lowest BCUT2D eigenvalue weighted by atomic mass is 9.97. The molecule has 0 radical (unpaired) electrons. The third-order valence-corrected chi connectivity index (χ3v) is 11.5. The van der Waals surface area contributed by atoms with Crippen molar-refractivity contribution in [1.82, 2.24) is 0 Å². The fourth-order valence-electron chi connectivity index (χ4n) is 8.51. The highest BCUT2D eigenvalue weighted by Crippen LogP contribution is 2.44. The number of nitrogens with zero attached hydrogens (tertiary/aromatic N) is 1. The molecule has 11 rings (SSSR count). The molecule has 0 bridgehead atoms. The van der Waals surface area contributed by atoms with Crippen LogP contribution in [0.3, 0.4) is 0 Å². The van der Waals surface area contributed by atoms with E-state index in [-0.39, 0.29) is 0 Å². The number of benzene rings is 10. The minimum absolute atomic E-state index is 0.851. The van der Waals surface area contributed by atoms with Crippen LogP contribution in [-0.2, 0) is 0 Å². The summed E-state index contributed by atoms with van der Waals surface area (Å²) in [5, 5.41) is 7.14. The highest BCUT2D eigenvalue weighted by molar-refractivity contribution is 6.11. The summed E-state index contributed by atoms with van der Waals surface area (Å²) in [4.78, 5) is 2.33. The molecule has 0 fully saturated rings. The van der Waals surface area contributed by atoms with Gasteiger partial charge in [0.25, 0.3) is 0 Å². The predicted molar refractivity (Wildman–Crippen MR) is 245 cm³/mol. The Balaban J connectivity index is 1.03. The summed E-state index contributed by atoms with van der Waals surface area (Å²) in [6, 6.07) is 80.6. The second-order valence-electron chi connectivity index (χ2n) is 14.9. The first kappa shape index (κ1) is 33.6. The Kier molecular flexibility index (Phi) is 8.19. The normalized spacial score (nSPS) is 11.4. The summed E-state index contributed by atoms with van der Waals surface area (Å²) >= 11 is 0. The maximum Gasteiger partial charge on any atom is 0.159 e. The van der Waals surface area contributed by atoms with Gasteiger partial charge >= 0.3 is 0 Å². The molecule has 0 aliphatic carbocycles. The quantitative estimate of drug-likeness (QED) is 0.162. The Labute approximate surface area is 337 Å². The van der Waals surface area contributed by atoms with Gasteiger partial charge in [-0.15, -0.1) is 0 Å². The van der Waals surface area contributed by atoms with Crippen molar-refractivity contribution in [3.05, 3.63) is 224 Å². The minimum Gasteiger partial charge on any atom is -0.454 e. The number of furan rings is 1. The van der Waals surface area contributed by atoms with Gasteiger partial charge in [0.05, 0.1) is 5.69 Å². The smallest absolute Gasteiger partial charge is 0.159 e. The van der Waals surface area contributed by atoms with Crippen LogP contribution in [0.5, 0.6) is 0 Å². The lowest BCUT2D eigenvalue weighted by molar-refractivity contribution is 0.669. The van der Waals surface area contributed by atoms with E-state index < -0.39 is 0 Å². The number of hydrogen-bond donors (Lipinski definition) is 0. The van der Waals surface area contributed by atoms with E-state index in [0.29, 0.717) is 0 Å². The molecule has 0 saturated carbocycles. The average molecular weight is 740 g/mol. The molecular weight excluding hydrogens is 703 g/mol. The molecule has 0 saturated heterocycles. The third kappa shape index (κ3) is 6.00. The summed E-state index contributed by atoms with van der Waals surface area (Å²) in [6.07, 6.45) is 0. The van der Waals surface area contributed by atoms with E-state index in [1.165, 1.54) is 60.5 Å². The van der Waals surface area contributed by atoms with Gasteiger partial charge in [0.2, 0.25) is 0 Å². The number of hydrogen-bond acceptors (Lipinski definition) is 2. The van der Waals surface area contributed by atoms with Crippen LogP contribution < -0.4 is 4.90 Å². The molecule has 58 heavy (non-hydrogen) atoms. The van der Waals surface area contributed by atoms with Crippen molar-refractivity contribution in [2.45, 2.75) is 0 Å². The van der Waals surface area contributed by atoms with Crippen LogP contribution >= 0.6 is 0 Å². The molecule has 0 amide bonds. The van der Waals surface area contributed by atoms with Crippen molar-refractivity contribution in [1.29, 1.82) is 0 Å². The number of para-hydroxylation sites is 1. The standard InChI is InChI=1S/C56H37NO/c1-2-11-38(12-3-1)44-17-8-18-45(35-44)47-29-34-55-53(37-47)52-21-10-22-54(56(52)58-55)57(48-30-25-40(26-31-48)46-24-23-39-13-4-5-15-43(39)36-46)49-32-27-42(28-33-49)51-20-9-16-41-14-6-7-19-50(41)51/h1-37H. The summed E-state index contributed by atoms with van der Waals surface area (Å²) < 4.78 is 6.82. The first-order valence-corrected chi connectivity index (χ1v) is 19.8. The van der Waals surface area contributed by atoms with Crippen LogP contribution in [0.25, 0.3) is 88.0 Å². The van der Waals surface area contributed by atoms with Gasteiger partial charge < -0.3 is 9.32 Å². The van der Waals surface area contributed by atoms with E-state index in [4.69, 9.17) is 4.42 Å². The van der Waals surface area contributed by atoms with Crippen LogP contribution in [0.1, 0.15) is 0 Å². The van der Waals surface area contributed by atoms with Crippen molar-refractivity contribution in [3.8, 4) is 44.5 Å². The molecule has 2 heteroatoms. The molecule has 2 nitrogen and oxygen atoms in total. The molecule has 0 aliphatic rings. The van der Waals surface area contributed by atoms with Gasteiger partial charge in [-0.3, -0.25) is 0 Å². The monoisotopic (exact) mass is 739 g/mol. The first-order valence-electron chi connectivity index (χ1n) is 19.8. The Morgan fingerprint density at radius 2 is 0.828 bits per heavy atom. The molecule has 10 aromatic carbocycles. The van der Waals surface area contributed by atoms with Crippen molar-refractivity contribution in [3.63, 3.8) is 0 Å². The first-order chi connectivity index (χ1) is 28.7. The van der Waals surface area contributed by atoms with E-state index in [2.05, 4.69) is 229 Å². The number of fused-ring (bicyclic) bond motifs is 5. The van der Waals surface area contributed by atoms with Crippen LogP contribution in [0.4, 0.5) is 17.1 Å². The van der Waals surface area contributed by atoms with E-state index in [1.807, 2.05) is 0 Å². The topological polar surface area (TPSA) is 16.4 Å². The van der Waals surface area contributed by atoms with E-state index >= 15 is 0 Å². The zero-order valence-electron chi connectivity index (χ0n) is 31.7. The van der Waals surface area contributed by atoms with Crippen LogP contribution in [0, 0.1) is 0 Å². The van der Waals surface area contributed by atoms with Gasteiger partial charge in [0.1, 0.15) is 5.58 Å². The Morgan fingerprint density at radius 3 is 1.64 bits per heavy atom. The summed E-state index contributed by atoms with van der Waals surface area (Å²) in [6.45, 7) is 0. The van der Waals surface area contributed by atoms with Gasteiger partial charge in [-0.05, 0) is 121 Å². The van der Waals surface area contributed by atoms with E-state index in [0.717, 1.165) is 44.6 Å². The molecule has 0 aliphatic heterocycles. The van der Waals surface area contributed by atoms with Crippen molar-refractivity contribution in [2.24, 2.45) is 0 Å². The van der Waals surface area contributed by atoms with Crippen molar-refractivity contribution >= 4 is 60.5 Å². The molecule has 0 unspecified atom stereocenters. The maximum absolute atomic E-state index is 6.82. The van der Waals surface area contributed by atoms with Crippen molar-refractivity contribution < 1.29 is 4.42 Å². The van der Waals surface area contributed by atoms with Gasteiger partial charge in [-0.1, -0.05) is 170 Å². The maximum atomic E-state index is 6.82. The second kappa shape index (κ2) is 14.1. The fourth-order valence-corrected chi connectivity index (χ4v) is 8.51. The zero-order valence-corrected chi connectivity index (χ0v) is 31.7. The van der Waals surface area contributed by atoms with E-state index in [1.54, 1.807) is 0 Å². The molecule has 0 spiro atoms. The van der Waals surface area contributed by atoms with Gasteiger partial charge in [0, 0.05) is 22.1 Å². The number of rotatable bonds is 7. The molecule has 11 aromatic rings. The SMILES string of the molecule is c1ccc(-c2cccc(-c3ccc4oc5c(N(c6ccc(-c7ccc8ccccc8c7)cc6)c6ccc(-c7cccc8ccccc78)cc6)cccc5c4c3)c2)cc1. The van der Waals surface area contributed by atoms with Crippen LogP contribution in [-0.4, -0.2) is 0 Å². The van der Waals surface area contributed by atoms with Gasteiger partial charge in [-0.2, -0.15) is 0 Å². The van der Waals surface area contributed by atoms with Crippen LogP contribution in [0.2, 0.25) is 0 Å². The third-order valence-electron chi connectivity index (χ3n) is 11.5.